The number of esters is 1. The lowest BCUT2D eigenvalue weighted by molar-refractivity contribution is 0.0600. The van der Waals surface area contributed by atoms with Gasteiger partial charge in [-0.1, -0.05) is 23.2 Å². The lowest BCUT2D eigenvalue weighted by Crippen LogP contribution is -2.15. The minimum Gasteiger partial charge on any atom is -0.465 e. The zero-order chi connectivity index (χ0) is 16.3. The molecule has 1 amide bonds. The summed E-state index contributed by atoms with van der Waals surface area (Å²) in [7, 11) is 1.26. The van der Waals surface area contributed by atoms with Crippen LogP contribution < -0.4 is 11.1 Å². The smallest absolute Gasteiger partial charge is 0.337 e. The molecule has 0 radical (unpaired) electrons. The first-order valence-electron chi connectivity index (χ1n) is 6.16. The number of benzene rings is 2. The molecule has 2 aromatic carbocycles. The quantitative estimate of drug-likeness (QED) is 0.661. The third-order valence-corrected chi connectivity index (χ3v) is 3.46. The lowest BCUT2D eigenvalue weighted by atomic mass is 10.1. The summed E-state index contributed by atoms with van der Waals surface area (Å²) < 4.78 is 4.59. The predicted molar refractivity (Wildman–Crippen MR) is 86.6 cm³/mol. The van der Waals surface area contributed by atoms with Crippen LogP contribution in [0.4, 0.5) is 11.4 Å². The Morgan fingerprint density at radius 1 is 1.14 bits per heavy atom. The van der Waals surface area contributed by atoms with Gasteiger partial charge in [0.15, 0.2) is 0 Å². The van der Waals surface area contributed by atoms with Gasteiger partial charge in [-0.25, -0.2) is 4.79 Å². The molecule has 0 saturated heterocycles. The maximum atomic E-state index is 12.2. The van der Waals surface area contributed by atoms with Gasteiger partial charge in [-0.3, -0.25) is 4.79 Å². The van der Waals surface area contributed by atoms with Crippen molar-refractivity contribution in [1.29, 1.82) is 0 Å². The Morgan fingerprint density at radius 2 is 1.86 bits per heavy atom. The van der Waals surface area contributed by atoms with Crippen molar-refractivity contribution in [2.24, 2.45) is 0 Å². The second-order valence-corrected chi connectivity index (χ2v) is 5.22. The van der Waals surface area contributed by atoms with E-state index in [1.165, 1.54) is 31.4 Å². The molecule has 7 heteroatoms. The Hall–Kier alpha value is -2.24. The molecule has 2 aromatic rings. The van der Waals surface area contributed by atoms with E-state index in [1.807, 2.05) is 0 Å². The third-order valence-electron chi connectivity index (χ3n) is 2.89. The van der Waals surface area contributed by atoms with Crippen molar-refractivity contribution >= 4 is 46.5 Å². The minimum atomic E-state index is -0.531. The summed E-state index contributed by atoms with van der Waals surface area (Å²) in [5.74, 6) is -0.991. The number of anilines is 2. The van der Waals surface area contributed by atoms with Crippen LogP contribution >= 0.6 is 23.2 Å². The highest BCUT2D eigenvalue weighted by Gasteiger charge is 2.14. The van der Waals surface area contributed by atoms with Gasteiger partial charge >= 0.3 is 5.97 Å². The summed E-state index contributed by atoms with van der Waals surface area (Å²) in [5.41, 5.74) is 6.80. The van der Waals surface area contributed by atoms with E-state index in [1.54, 1.807) is 12.1 Å². The molecule has 0 aliphatic rings. The second-order valence-electron chi connectivity index (χ2n) is 4.37. The molecule has 3 N–H and O–H groups in total. The zero-order valence-corrected chi connectivity index (χ0v) is 13.0. The van der Waals surface area contributed by atoms with Gasteiger partial charge in [0, 0.05) is 10.7 Å². The van der Waals surface area contributed by atoms with E-state index in [2.05, 4.69) is 10.1 Å². The van der Waals surface area contributed by atoms with Gasteiger partial charge in [-0.2, -0.15) is 0 Å². The molecule has 0 bridgehead atoms. The first-order valence-corrected chi connectivity index (χ1v) is 6.92. The van der Waals surface area contributed by atoms with Crippen molar-refractivity contribution in [3.63, 3.8) is 0 Å². The van der Waals surface area contributed by atoms with Crippen molar-refractivity contribution in [3.8, 4) is 0 Å². The van der Waals surface area contributed by atoms with Gasteiger partial charge in [0.25, 0.3) is 5.91 Å². The molecular formula is C15H12Cl2N2O3. The summed E-state index contributed by atoms with van der Waals surface area (Å²) >= 11 is 11.9. The summed E-state index contributed by atoms with van der Waals surface area (Å²) in [6.07, 6.45) is 0. The Labute approximate surface area is 137 Å². The Bertz CT molecular complexity index is 748. The van der Waals surface area contributed by atoms with Crippen molar-refractivity contribution in [1.82, 2.24) is 0 Å². The summed E-state index contributed by atoms with van der Waals surface area (Å²) in [6.45, 7) is 0. The number of hydrogen-bond acceptors (Lipinski definition) is 4. The highest BCUT2D eigenvalue weighted by Crippen LogP contribution is 2.26. The van der Waals surface area contributed by atoms with Gasteiger partial charge in [0.05, 0.1) is 28.9 Å². The average molecular weight is 339 g/mol. The SMILES string of the molecule is COC(=O)c1ccc(C(=O)Nc2cc(Cl)ccc2Cl)c(N)c1. The topological polar surface area (TPSA) is 81.4 Å². The molecule has 0 atom stereocenters. The molecule has 0 aromatic heterocycles. The molecule has 0 heterocycles. The molecule has 0 spiro atoms. The fraction of sp³-hybridized carbons (Fsp3) is 0.0667. The largest absolute Gasteiger partial charge is 0.465 e. The van der Waals surface area contributed by atoms with E-state index in [9.17, 15) is 9.59 Å². The second kappa shape index (κ2) is 6.68. The molecule has 0 fully saturated rings. The molecule has 0 aliphatic heterocycles. The van der Waals surface area contributed by atoms with Crippen LogP contribution in [0.3, 0.4) is 0 Å². The Balaban J connectivity index is 2.26. The van der Waals surface area contributed by atoms with E-state index in [0.29, 0.717) is 15.7 Å². The number of amides is 1. The van der Waals surface area contributed by atoms with Gasteiger partial charge in [0.2, 0.25) is 0 Å². The molecule has 0 aliphatic carbocycles. The van der Waals surface area contributed by atoms with Crippen LogP contribution in [0, 0.1) is 0 Å². The standard InChI is InChI=1S/C15H12Cl2N2O3/c1-22-15(21)8-2-4-10(12(18)6-8)14(20)19-13-7-9(16)3-5-11(13)17/h2-7H,18H2,1H3,(H,19,20). The number of rotatable bonds is 3. The molecule has 5 nitrogen and oxygen atoms in total. The number of halogens is 2. The number of ether oxygens (including phenoxy) is 1. The zero-order valence-electron chi connectivity index (χ0n) is 11.5. The van der Waals surface area contributed by atoms with Crippen molar-refractivity contribution < 1.29 is 14.3 Å². The van der Waals surface area contributed by atoms with Crippen LogP contribution in [0.1, 0.15) is 20.7 Å². The number of nitrogens with one attached hydrogen (secondary N) is 1. The first kappa shape index (κ1) is 16.1. The van der Waals surface area contributed by atoms with Gasteiger partial charge in [-0.15, -0.1) is 0 Å². The number of methoxy groups -OCH3 is 1. The number of hydrogen-bond donors (Lipinski definition) is 2. The molecule has 22 heavy (non-hydrogen) atoms. The summed E-state index contributed by atoms with van der Waals surface area (Å²) in [5, 5.41) is 3.41. The van der Waals surface area contributed by atoms with E-state index in [4.69, 9.17) is 28.9 Å². The van der Waals surface area contributed by atoms with Crippen molar-refractivity contribution in [3.05, 3.63) is 57.6 Å². The Kier molecular flexibility index (Phi) is 4.90. The van der Waals surface area contributed by atoms with Crippen LogP contribution in [-0.4, -0.2) is 19.0 Å². The Morgan fingerprint density at radius 3 is 2.50 bits per heavy atom. The normalized spacial score (nSPS) is 10.1. The number of nitrogen functional groups attached to an aromatic ring is 1. The van der Waals surface area contributed by atoms with Crippen LogP contribution in [0.15, 0.2) is 36.4 Å². The molecular weight excluding hydrogens is 327 g/mol. The van der Waals surface area contributed by atoms with Gasteiger partial charge in [-0.05, 0) is 36.4 Å². The fourth-order valence-corrected chi connectivity index (χ4v) is 2.13. The van der Waals surface area contributed by atoms with Gasteiger partial charge in [0.1, 0.15) is 0 Å². The minimum absolute atomic E-state index is 0.151. The average Bonchev–Trinajstić information content (AvgIpc) is 2.49. The van der Waals surface area contributed by atoms with E-state index in [0.717, 1.165) is 0 Å². The van der Waals surface area contributed by atoms with Crippen LogP contribution in [0.25, 0.3) is 0 Å². The van der Waals surface area contributed by atoms with E-state index < -0.39 is 11.9 Å². The fourth-order valence-electron chi connectivity index (χ4n) is 1.80. The monoisotopic (exact) mass is 338 g/mol. The maximum absolute atomic E-state index is 12.2. The number of nitrogens with two attached hydrogens (primary N) is 1. The highest BCUT2D eigenvalue weighted by molar-refractivity contribution is 6.36. The molecule has 0 unspecified atom stereocenters. The van der Waals surface area contributed by atoms with Crippen molar-refractivity contribution in [2.75, 3.05) is 18.2 Å². The lowest BCUT2D eigenvalue weighted by Gasteiger charge is -2.10. The molecule has 0 saturated carbocycles. The maximum Gasteiger partial charge on any atom is 0.337 e. The van der Waals surface area contributed by atoms with Gasteiger partial charge < -0.3 is 15.8 Å². The van der Waals surface area contributed by atoms with E-state index in [-0.39, 0.29) is 16.8 Å². The van der Waals surface area contributed by atoms with Crippen LogP contribution in [0.2, 0.25) is 10.0 Å². The highest BCUT2D eigenvalue weighted by atomic mass is 35.5. The molecule has 2 rings (SSSR count). The summed E-state index contributed by atoms with van der Waals surface area (Å²) in [6, 6.07) is 8.98. The van der Waals surface area contributed by atoms with Crippen LogP contribution in [-0.2, 0) is 4.74 Å². The molecule has 114 valence electrons. The summed E-state index contributed by atoms with van der Waals surface area (Å²) in [4.78, 5) is 23.6. The van der Waals surface area contributed by atoms with E-state index >= 15 is 0 Å². The van der Waals surface area contributed by atoms with Crippen molar-refractivity contribution in [2.45, 2.75) is 0 Å². The van der Waals surface area contributed by atoms with Crippen LogP contribution in [0.5, 0.6) is 0 Å². The first-order chi connectivity index (χ1) is 10.4. The predicted octanol–water partition coefficient (Wildman–Crippen LogP) is 3.61. The third kappa shape index (κ3) is 3.50. The number of carbonyl (C=O) groups is 2. The number of carbonyl (C=O) groups excluding carboxylic acids is 2.